The van der Waals surface area contributed by atoms with Crippen LogP contribution in [0.15, 0.2) is 24.3 Å². The average Bonchev–Trinajstić information content (AvgIpc) is 2.93. The van der Waals surface area contributed by atoms with Crippen LogP contribution in [0.4, 0.5) is 5.69 Å². The predicted molar refractivity (Wildman–Crippen MR) is 85.1 cm³/mol. The van der Waals surface area contributed by atoms with E-state index in [0.29, 0.717) is 16.3 Å². The van der Waals surface area contributed by atoms with Crippen molar-refractivity contribution >= 4 is 34.5 Å². The van der Waals surface area contributed by atoms with Crippen LogP contribution in [0.1, 0.15) is 38.5 Å². The molecule has 0 atom stereocenters. The summed E-state index contributed by atoms with van der Waals surface area (Å²) in [6.45, 7) is 0. The van der Waals surface area contributed by atoms with Crippen molar-refractivity contribution in [3.63, 3.8) is 0 Å². The standard InChI is InChI=1S/C16H13ClN2OS/c17-12-7-10(9-18)5-6-13(12)19-16(20)15-8-11-3-1-2-4-14(11)21-15/h5-8H,1-4H2,(H,19,20). The van der Waals surface area contributed by atoms with Gasteiger partial charge in [0.05, 0.1) is 27.2 Å². The molecule has 0 saturated carbocycles. The molecular weight excluding hydrogens is 304 g/mol. The first-order valence-electron chi connectivity index (χ1n) is 6.80. The monoisotopic (exact) mass is 316 g/mol. The molecule has 1 amide bonds. The van der Waals surface area contributed by atoms with Gasteiger partial charge < -0.3 is 5.32 Å². The summed E-state index contributed by atoms with van der Waals surface area (Å²) < 4.78 is 0. The van der Waals surface area contributed by atoms with E-state index in [9.17, 15) is 4.79 Å². The fourth-order valence-corrected chi connectivity index (χ4v) is 3.85. The maximum atomic E-state index is 12.3. The number of hydrogen-bond donors (Lipinski definition) is 1. The smallest absolute Gasteiger partial charge is 0.265 e. The summed E-state index contributed by atoms with van der Waals surface area (Å²) in [6.07, 6.45) is 4.55. The number of hydrogen-bond acceptors (Lipinski definition) is 3. The lowest BCUT2D eigenvalue weighted by Crippen LogP contribution is -2.10. The molecule has 1 aromatic heterocycles. The zero-order valence-corrected chi connectivity index (χ0v) is 12.9. The van der Waals surface area contributed by atoms with Gasteiger partial charge in [-0.05, 0) is 55.5 Å². The van der Waals surface area contributed by atoms with Crippen molar-refractivity contribution < 1.29 is 4.79 Å². The quantitative estimate of drug-likeness (QED) is 0.892. The molecule has 0 fully saturated rings. The molecule has 0 aliphatic heterocycles. The van der Waals surface area contributed by atoms with Gasteiger partial charge in [0.15, 0.2) is 0 Å². The van der Waals surface area contributed by atoms with Crippen LogP contribution in [0, 0.1) is 11.3 Å². The van der Waals surface area contributed by atoms with E-state index < -0.39 is 0 Å². The lowest BCUT2D eigenvalue weighted by Gasteiger charge is -2.08. The first-order chi connectivity index (χ1) is 10.2. The molecule has 3 nitrogen and oxygen atoms in total. The van der Waals surface area contributed by atoms with Crippen LogP contribution < -0.4 is 5.32 Å². The van der Waals surface area contributed by atoms with Gasteiger partial charge >= 0.3 is 0 Å². The van der Waals surface area contributed by atoms with Crippen molar-refractivity contribution in [2.45, 2.75) is 25.7 Å². The first-order valence-corrected chi connectivity index (χ1v) is 7.99. The van der Waals surface area contributed by atoms with Crippen LogP contribution in [-0.4, -0.2) is 5.91 Å². The van der Waals surface area contributed by atoms with E-state index in [1.165, 1.54) is 23.3 Å². The van der Waals surface area contributed by atoms with Crippen LogP contribution in [0.5, 0.6) is 0 Å². The maximum Gasteiger partial charge on any atom is 0.265 e. The number of thiophene rings is 1. The molecule has 0 saturated heterocycles. The Morgan fingerprint density at radius 3 is 2.81 bits per heavy atom. The lowest BCUT2D eigenvalue weighted by atomic mass is 9.99. The second-order valence-electron chi connectivity index (χ2n) is 5.03. The Labute approximate surface area is 132 Å². The Morgan fingerprint density at radius 1 is 1.29 bits per heavy atom. The van der Waals surface area contributed by atoms with E-state index in [1.54, 1.807) is 29.5 Å². The lowest BCUT2D eigenvalue weighted by molar-refractivity contribution is 0.103. The molecule has 0 spiro atoms. The van der Waals surface area contributed by atoms with Gasteiger partial charge in [-0.25, -0.2) is 0 Å². The van der Waals surface area contributed by atoms with Crippen molar-refractivity contribution in [1.29, 1.82) is 5.26 Å². The van der Waals surface area contributed by atoms with Crippen molar-refractivity contribution in [2.24, 2.45) is 0 Å². The minimum Gasteiger partial charge on any atom is -0.320 e. The van der Waals surface area contributed by atoms with Crippen LogP contribution >= 0.6 is 22.9 Å². The van der Waals surface area contributed by atoms with Crippen molar-refractivity contribution in [3.8, 4) is 6.07 Å². The zero-order chi connectivity index (χ0) is 14.8. The second-order valence-corrected chi connectivity index (χ2v) is 6.57. The highest BCUT2D eigenvalue weighted by atomic mass is 35.5. The van der Waals surface area contributed by atoms with E-state index in [2.05, 4.69) is 5.32 Å². The second kappa shape index (κ2) is 5.88. The Morgan fingerprint density at radius 2 is 2.10 bits per heavy atom. The van der Waals surface area contributed by atoms with Gasteiger partial charge in [0.2, 0.25) is 0 Å². The molecule has 2 aromatic rings. The van der Waals surface area contributed by atoms with Crippen molar-refractivity contribution in [1.82, 2.24) is 0 Å². The third-order valence-electron chi connectivity index (χ3n) is 3.57. The minimum atomic E-state index is -0.138. The number of anilines is 1. The molecule has 21 heavy (non-hydrogen) atoms. The molecule has 5 heteroatoms. The third-order valence-corrected chi connectivity index (χ3v) is 5.12. The number of amides is 1. The number of nitrogens with zero attached hydrogens (tertiary/aromatic N) is 1. The van der Waals surface area contributed by atoms with Crippen LogP contribution in [0.3, 0.4) is 0 Å². The molecule has 1 heterocycles. The molecular formula is C16H13ClN2OS. The van der Waals surface area contributed by atoms with Crippen molar-refractivity contribution in [2.75, 3.05) is 5.32 Å². The summed E-state index contributed by atoms with van der Waals surface area (Å²) in [5.41, 5.74) is 2.32. The van der Waals surface area contributed by atoms with E-state index in [-0.39, 0.29) is 5.91 Å². The summed E-state index contributed by atoms with van der Waals surface area (Å²) in [7, 11) is 0. The number of rotatable bonds is 2. The number of benzene rings is 1. The van der Waals surface area contributed by atoms with Crippen LogP contribution in [0.2, 0.25) is 5.02 Å². The van der Waals surface area contributed by atoms with Crippen LogP contribution in [-0.2, 0) is 12.8 Å². The number of halogens is 1. The van der Waals surface area contributed by atoms with Gasteiger partial charge in [-0.2, -0.15) is 5.26 Å². The summed E-state index contributed by atoms with van der Waals surface area (Å²) in [5.74, 6) is -0.138. The van der Waals surface area contributed by atoms with Crippen LogP contribution in [0.25, 0.3) is 0 Å². The summed E-state index contributed by atoms with van der Waals surface area (Å²) >= 11 is 7.65. The highest BCUT2D eigenvalue weighted by molar-refractivity contribution is 7.14. The fourth-order valence-electron chi connectivity index (χ4n) is 2.47. The number of nitriles is 1. The molecule has 106 valence electrons. The minimum absolute atomic E-state index is 0.138. The molecule has 1 aliphatic rings. The Hall–Kier alpha value is -1.83. The van der Waals surface area contributed by atoms with E-state index in [1.807, 2.05) is 12.1 Å². The molecule has 1 aliphatic carbocycles. The summed E-state index contributed by atoms with van der Waals surface area (Å²) in [5, 5.41) is 12.0. The van der Waals surface area contributed by atoms with Gasteiger partial charge in [0, 0.05) is 4.88 Å². The van der Waals surface area contributed by atoms with Gasteiger partial charge in [-0.3, -0.25) is 4.79 Å². The van der Waals surface area contributed by atoms with E-state index in [4.69, 9.17) is 16.9 Å². The number of aryl methyl sites for hydroxylation is 2. The number of carbonyl (C=O) groups is 1. The SMILES string of the molecule is N#Cc1ccc(NC(=O)c2cc3c(s2)CCCC3)c(Cl)c1. The van der Waals surface area contributed by atoms with Gasteiger partial charge in [0.1, 0.15) is 0 Å². The number of carbonyl (C=O) groups excluding carboxylic acids is 1. The molecule has 1 aromatic carbocycles. The highest BCUT2D eigenvalue weighted by Gasteiger charge is 2.17. The fraction of sp³-hybridized carbons (Fsp3) is 0.250. The third kappa shape index (κ3) is 2.94. The normalized spacial score (nSPS) is 13.3. The first kappa shape index (κ1) is 14.1. The Kier molecular flexibility index (Phi) is 3.96. The molecule has 0 bridgehead atoms. The van der Waals surface area contributed by atoms with Gasteiger partial charge in [-0.1, -0.05) is 11.6 Å². The summed E-state index contributed by atoms with van der Waals surface area (Å²) in [6, 6.07) is 8.86. The maximum absolute atomic E-state index is 12.3. The molecule has 3 rings (SSSR count). The predicted octanol–water partition coefficient (Wildman–Crippen LogP) is 4.40. The van der Waals surface area contributed by atoms with E-state index in [0.717, 1.165) is 17.7 Å². The summed E-state index contributed by atoms with van der Waals surface area (Å²) in [4.78, 5) is 14.4. The molecule has 0 radical (unpaired) electrons. The van der Waals surface area contributed by atoms with E-state index >= 15 is 0 Å². The largest absolute Gasteiger partial charge is 0.320 e. The number of fused-ring (bicyclic) bond motifs is 1. The molecule has 0 unspecified atom stereocenters. The Balaban J connectivity index is 1.80. The van der Waals surface area contributed by atoms with Gasteiger partial charge in [-0.15, -0.1) is 11.3 Å². The Bertz CT molecular complexity index is 722. The average molecular weight is 317 g/mol. The molecule has 1 N–H and O–H groups in total. The van der Waals surface area contributed by atoms with Crippen molar-refractivity contribution in [3.05, 3.63) is 50.2 Å². The number of nitrogens with one attached hydrogen (secondary N) is 1. The highest BCUT2D eigenvalue weighted by Crippen LogP contribution is 2.31. The zero-order valence-electron chi connectivity index (χ0n) is 11.3. The topological polar surface area (TPSA) is 52.9 Å². The van der Waals surface area contributed by atoms with Gasteiger partial charge in [0.25, 0.3) is 5.91 Å².